The van der Waals surface area contributed by atoms with Crippen LogP contribution in [0.25, 0.3) is 5.76 Å². The number of methoxy groups -OCH3 is 1. The van der Waals surface area contributed by atoms with Gasteiger partial charge in [0.2, 0.25) is 0 Å². The Morgan fingerprint density at radius 2 is 2.19 bits per heavy atom. The van der Waals surface area contributed by atoms with Crippen molar-refractivity contribution in [2.45, 2.75) is 13.8 Å². The second-order valence-electron chi connectivity index (χ2n) is 3.46. The number of benzene rings is 1. The minimum atomic E-state index is 0.497. The minimum absolute atomic E-state index is 0.497. The Bertz CT molecular complexity index is 392. The highest BCUT2D eigenvalue weighted by molar-refractivity contribution is 5.66. The third kappa shape index (κ3) is 2.89. The van der Waals surface area contributed by atoms with Crippen molar-refractivity contribution < 1.29 is 9.47 Å². The third-order valence-corrected chi connectivity index (χ3v) is 2.24. The van der Waals surface area contributed by atoms with E-state index >= 15 is 0 Å². The average Bonchev–Trinajstić information content (AvgIpc) is 2.30. The van der Waals surface area contributed by atoms with Crippen LogP contribution >= 0.6 is 0 Å². The Balaban J connectivity index is 3.10. The van der Waals surface area contributed by atoms with Crippen LogP contribution in [0.4, 0.5) is 0 Å². The normalized spacial score (nSPS) is 11.1. The van der Waals surface area contributed by atoms with Crippen molar-refractivity contribution in [2.24, 2.45) is 0 Å². The summed E-state index contributed by atoms with van der Waals surface area (Å²) in [5.41, 5.74) is 2.13. The summed E-state index contributed by atoms with van der Waals surface area (Å²) in [6.45, 7) is 8.11. The summed E-state index contributed by atoms with van der Waals surface area (Å²) in [7, 11) is 1.66. The Morgan fingerprint density at radius 3 is 2.75 bits per heavy atom. The molecule has 0 saturated carbocycles. The van der Waals surface area contributed by atoms with Crippen LogP contribution in [0.15, 0.2) is 36.9 Å². The molecule has 0 saturated heterocycles. The van der Waals surface area contributed by atoms with Crippen LogP contribution < -0.4 is 4.74 Å². The van der Waals surface area contributed by atoms with E-state index in [1.165, 1.54) is 0 Å². The van der Waals surface area contributed by atoms with E-state index in [9.17, 15) is 0 Å². The predicted octanol–water partition coefficient (Wildman–Crippen LogP) is 3.57. The lowest BCUT2D eigenvalue weighted by Gasteiger charge is -2.13. The largest absolute Gasteiger partial charge is 0.496 e. The van der Waals surface area contributed by atoms with Gasteiger partial charge in [0, 0.05) is 0 Å². The molecule has 0 aliphatic heterocycles. The summed E-state index contributed by atoms with van der Waals surface area (Å²) in [4.78, 5) is 0. The molecule has 1 aromatic rings. The van der Waals surface area contributed by atoms with Gasteiger partial charge in [-0.1, -0.05) is 18.7 Å². The second kappa shape index (κ2) is 6.01. The molecule has 0 aliphatic carbocycles. The third-order valence-electron chi connectivity index (χ3n) is 2.24. The fourth-order valence-electron chi connectivity index (χ4n) is 1.48. The van der Waals surface area contributed by atoms with Gasteiger partial charge in [0.15, 0.2) is 0 Å². The lowest BCUT2D eigenvalue weighted by atomic mass is 10.1. The highest BCUT2D eigenvalue weighted by atomic mass is 16.5. The Hall–Kier alpha value is -1.70. The van der Waals surface area contributed by atoms with Gasteiger partial charge in [-0.05, 0) is 37.6 Å². The molecule has 0 fully saturated rings. The molecule has 2 nitrogen and oxygen atoms in total. The van der Waals surface area contributed by atoms with E-state index in [2.05, 4.69) is 6.58 Å². The van der Waals surface area contributed by atoms with Crippen molar-refractivity contribution in [3.05, 3.63) is 48.1 Å². The van der Waals surface area contributed by atoms with Crippen LogP contribution in [0.1, 0.15) is 18.1 Å². The van der Waals surface area contributed by atoms with Crippen LogP contribution in [-0.4, -0.2) is 13.7 Å². The number of rotatable bonds is 5. The maximum Gasteiger partial charge on any atom is 0.130 e. The van der Waals surface area contributed by atoms with Crippen LogP contribution in [0.2, 0.25) is 0 Å². The molecule has 86 valence electrons. The average molecular weight is 218 g/mol. The van der Waals surface area contributed by atoms with Crippen LogP contribution in [0.3, 0.4) is 0 Å². The van der Waals surface area contributed by atoms with Crippen LogP contribution in [0.5, 0.6) is 5.75 Å². The van der Waals surface area contributed by atoms with Gasteiger partial charge in [0.05, 0.1) is 12.7 Å². The van der Waals surface area contributed by atoms with Crippen molar-refractivity contribution in [3.8, 4) is 5.75 Å². The fraction of sp³-hybridized carbons (Fsp3) is 0.286. The fourth-order valence-corrected chi connectivity index (χ4v) is 1.48. The molecular formula is C14H18O2. The van der Waals surface area contributed by atoms with Gasteiger partial charge >= 0.3 is 0 Å². The number of ether oxygens (including phenoxy) is 2. The van der Waals surface area contributed by atoms with Gasteiger partial charge in [-0.25, -0.2) is 0 Å². The number of hydrogen-bond donors (Lipinski definition) is 0. The van der Waals surface area contributed by atoms with E-state index in [4.69, 9.17) is 9.47 Å². The topological polar surface area (TPSA) is 18.5 Å². The molecule has 0 aromatic heterocycles. The first-order chi connectivity index (χ1) is 7.72. The number of aryl methyl sites for hydroxylation is 1. The SMILES string of the molecule is C=CCOc1cc(C)ccc1/C(=C\C)OC. The van der Waals surface area contributed by atoms with Crippen molar-refractivity contribution in [1.82, 2.24) is 0 Å². The zero-order valence-corrected chi connectivity index (χ0v) is 10.1. The van der Waals surface area contributed by atoms with Crippen LogP contribution in [-0.2, 0) is 4.74 Å². The zero-order valence-electron chi connectivity index (χ0n) is 10.1. The lowest BCUT2D eigenvalue weighted by molar-refractivity contribution is 0.345. The van der Waals surface area contributed by atoms with Gasteiger partial charge in [0.1, 0.15) is 18.1 Å². The quantitative estimate of drug-likeness (QED) is 0.555. The highest BCUT2D eigenvalue weighted by Gasteiger charge is 2.08. The smallest absolute Gasteiger partial charge is 0.130 e. The Labute approximate surface area is 97.2 Å². The number of hydrogen-bond acceptors (Lipinski definition) is 2. The van der Waals surface area contributed by atoms with E-state index in [-0.39, 0.29) is 0 Å². The van der Waals surface area contributed by atoms with E-state index in [1.807, 2.05) is 38.1 Å². The van der Waals surface area contributed by atoms with E-state index in [0.717, 1.165) is 22.6 Å². The maximum absolute atomic E-state index is 5.61. The summed E-state index contributed by atoms with van der Waals surface area (Å²) in [6, 6.07) is 6.05. The molecule has 0 bridgehead atoms. The summed E-state index contributed by atoms with van der Waals surface area (Å²) in [5, 5.41) is 0. The van der Waals surface area contributed by atoms with Gasteiger partial charge in [-0.15, -0.1) is 0 Å². The molecule has 0 amide bonds. The molecule has 0 aliphatic rings. The van der Waals surface area contributed by atoms with E-state index < -0.39 is 0 Å². The minimum Gasteiger partial charge on any atom is -0.496 e. The molecule has 1 aromatic carbocycles. The maximum atomic E-state index is 5.61. The van der Waals surface area contributed by atoms with E-state index in [0.29, 0.717) is 6.61 Å². The molecule has 0 N–H and O–H groups in total. The predicted molar refractivity (Wildman–Crippen MR) is 67.5 cm³/mol. The zero-order chi connectivity index (χ0) is 12.0. The van der Waals surface area contributed by atoms with Crippen molar-refractivity contribution in [1.29, 1.82) is 0 Å². The molecule has 2 heteroatoms. The van der Waals surface area contributed by atoms with Gasteiger partial charge < -0.3 is 9.47 Å². The summed E-state index contributed by atoms with van der Waals surface area (Å²) in [6.07, 6.45) is 3.65. The van der Waals surface area contributed by atoms with Crippen LogP contribution in [0, 0.1) is 6.92 Å². The van der Waals surface area contributed by atoms with Crippen molar-refractivity contribution in [2.75, 3.05) is 13.7 Å². The summed E-state index contributed by atoms with van der Waals surface area (Å²) in [5.74, 6) is 1.65. The lowest BCUT2D eigenvalue weighted by Crippen LogP contribution is -1.98. The summed E-state index contributed by atoms with van der Waals surface area (Å²) < 4.78 is 10.9. The first kappa shape index (κ1) is 12.4. The van der Waals surface area contributed by atoms with Gasteiger partial charge in [-0.2, -0.15) is 0 Å². The first-order valence-corrected chi connectivity index (χ1v) is 5.28. The molecule has 0 heterocycles. The molecule has 0 spiro atoms. The van der Waals surface area contributed by atoms with Gasteiger partial charge in [0.25, 0.3) is 0 Å². The summed E-state index contributed by atoms with van der Waals surface area (Å²) >= 11 is 0. The molecule has 16 heavy (non-hydrogen) atoms. The van der Waals surface area contributed by atoms with Crippen molar-refractivity contribution >= 4 is 5.76 Å². The first-order valence-electron chi connectivity index (χ1n) is 5.28. The number of allylic oxidation sites excluding steroid dienone is 1. The second-order valence-corrected chi connectivity index (χ2v) is 3.46. The molecule has 1 rings (SSSR count). The standard InChI is InChI=1S/C14H18O2/c1-5-9-16-14-10-11(3)7-8-12(14)13(6-2)15-4/h5-8,10H,1,9H2,2-4H3/b13-6+. The molecule has 0 unspecified atom stereocenters. The molecule has 0 atom stereocenters. The Kier molecular flexibility index (Phi) is 4.65. The Morgan fingerprint density at radius 1 is 1.44 bits per heavy atom. The van der Waals surface area contributed by atoms with Gasteiger partial charge in [-0.3, -0.25) is 0 Å². The van der Waals surface area contributed by atoms with Crippen molar-refractivity contribution in [3.63, 3.8) is 0 Å². The highest BCUT2D eigenvalue weighted by Crippen LogP contribution is 2.27. The monoisotopic (exact) mass is 218 g/mol. The molecular weight excluding hydrogens is 200 g/mol. The van der Waals surface area contributed by atoms with E-state index in [1.54, 1.807) is 13.2 Å². The molecule has 0 radical (unpaired) electrons.